The van der Waals surface area contributed by atoms with Gasteiger partial charge in [-0.2, -0.15) is 0 Å². The number of hydrogen-bond donors (Lipinski definition) is 1. The minimum atomic E-state index is -0.496. The highest BCUT2D eigenvalue weighted by molar-refractivity contribution is 5.94. The van der Waals surface area contributed by atoms with Crippen LogP contribution in [0.5, 0.6) is 0 Å². The van der Waals surface area contributed by atoms with E-state index in [9.17, 15) is 9.59 Å². The Morgan fingerprint density at radius 2 is 2.00 bits per heavy atom. The molecule has 0 saturated carbocycles. The molecule has 0 aromatic heterocycles. The number of nitrogens with one attached hydrogen (secondary N) is 1. The van der Waals surface area contributed by atoms with Gasteiger partial charge in [-0.3, -0.25) is 4.79 Å². The predicted molar refractivity (Wildman–Crippen MR) is 76.9 cm³/mol. The summed E-state index contributed by atoms with van der Waals surface area (Å²) in [5.74, 6) is 0.0661. The molecule has 0 saturated heterocycles. The van der Waals surface area contributed by atoms with Crippen molar-refractivity contribution in [3.05, 3.63) is 34.9 Å². The van der Waals surface area contributed by atoms with Crippen molar-refractivity contribution >= 4 is 11.9 Å². The molecule has 0 radical (unpaired) electrons. The summed E-state index contributed by atoms with van der Waals surface area (Å²) in [6, 6.07) is 5.65. The van der Waals surface area contributed by atoms with Gasteiger partial charge >= 0.3 is 6.09 Å². The van der Waals surface area contributed by atoms with Crippen LogP contribution in [0.3, 0.4) is 0 Å². The Morgan fingerprint density at radius 3 is 2.60 bits per heavy atom. The van der Waals surface area contributed by atoms with E-state index in [1.807, 2.05) is 39.0 Å². The molecule has 1 amide bonds. The molecule has 4 heteroatoms. The number of benzene rings is 1. The molecule has 0 bridgehead atoms. The number of ketones is 1. The number of amides is 1. The van der Waals surface area contributed by atoms with Crippen molar-refractivity contribution in [3.63, 3.8) is 0 Å². The third kappa shape index (κ3) is 3.38. The number of ether oxygens (including phenoxy) is 1. The number of fused-ring (bicyclic) bond motifs is 1. The average Bonchev–Trinajstić information content (AvgIpc) is 2.69. The van der Waals surface area contributed by atoms with Crippen molar-refractivity contribution < 1.29 is 14.3 Å². The summed E-state index contributed by atoms with van der Waals surface area (Å²) in [6.45, 7) is 7.09. The predicted octanol–water partition coefficient (Wildman–Crippen LogP) is 3.40. The molecule has 1 aromatic rings. The zero-order chi connectivity index (χ0) is 14.9. The first-order valence-corrected chi connectivity index (χ1v) is 6.89. The van der Waals surface area contributed by atoms with Gasteiger partial charge in [0.15, 0.2) is 5.78 Å². The van der Waals surface area contributed by atoms with Crippen LogP contribution >= 0.6 is 0 Å². The Kier molecular flexibility index (Phi) is 3.84. The topological polar surface area (TPSA) is 55.4 Å². The van der Waals surface area contributed by atoms with Gasteiger partial charge in [0.1, 0.15) is 5.60 Å². The highest BCUT2D eigenvalue weighted by atomic mass is 16.6. The number of Topliss-reactive ketones (excluding diaryl/α,β-unsaturated/α-hetero) is 1. The van der Waals surface area contributed by atoms with E-state index >= 15 is 0 Å². The Hall–Kier alpha value is -1.84. The number of aryl methyl sites for hydroxylation is 1. The van der Waals surface area contributed by atoms with Crippen LogP contribution in [0.15, 0.2) is 18.2 Å². The fourth-order valence-electron chi connectivity index (χ4n) is 2.44. The van der Waals surface area contributed by atoms with E-state index in [-0.39, 0.29) is 11.8 Å². The molecule has 1 N–H and O–H groups in total. The number of alkyl carbamates (subject to hydrolysis) is 1. The standard InChI is InChI=1S/C16H21NO3/c1-10(18)11-5-7-13-12(9-11)6-8-14(13)17-15(19)20-16(2,3)4/h5,7,9,14H,6,8H2,1-4H3,(H,17,19)/t14-/m0/s1. The maximum absolute atomic E-state index is 11.8. The lowest BCUT2D eigenvalue weighted by molar-refractivity contribution is 0.0503. The van der Waals surface area contributed by atoms with E-state index in [4.69, 9.17) is 4.74 Å². The van der Waals surface area contributed by atoms with Crippen LogP contribution in [0.1, 0.15) is 61.6 Å². The number of hydrogen-bond acceptors (Lipinski definition) is 3. The average molecular weight is 275 g/mol. The highest BCUT2D eigenvalue weighted by Gasteiger charge is 2.26. The molecule has 1 aromatic carbocycles. The van der Waals surface area contributed by atoms with E-state index in [2.05, 4.69) is 5.32 Å². The molecule has 0 spiro atoms. The van der Waals surface area contributed by atoms with Crippen molar-refractivity contribution in [2.24, 2.45) is 0 Å². The van der Waals surface area contributed by atoms with E-state index in [0.29, 0.717) is 0 Å². The summed E-state index contributed by atoms with van der Waals surface area (Å²) in [5, 5.41) is 2.89. The molecule has 4 nitrogen and oxygen atoms in total. The van der Waals surface area contributed by atoms with Crippen molar-refractivity contribution in [2.75, 3.05) is 0 Å². The van der Waals surface area contributed by atoms with Crippen LogP contribution in [0.25, 0.3) is 0 Å². The van der Waals surface area contributed by atoms with Crippen LogP contribution in [-0.4, -0.2) is 17.5 Å². The van der Waals surface area contributed by atoms with Gasteiger partial charge in [-0.05, 0) is 57.7 Å². The van der Waals surface area contributed by atoms with Crippen LogP contribution in [-0.2, 0) is 11.2 Å². The summed E-state index contributed by atoms with van der Waals surface area (Å²) in [5.41, 5.74) is 2.45. The van der Waals surface area contributed by atoms with Crippen molar-refractivity contribution in [2.45, 2.75) is 52.2 Å². The summed E-state index contributed by atoms with van der Waals surface area (Å²) in [4.78, 5) is 23.2. The monoisotopic (exact) mass is 275 g/mol. The Labute approximate surface area is 119 Å². The number of carbonyl (C=O) groups is 2. The Bertz CT molecular complexity index is 543. The molecule has 1 atom stereocenters. The maximum Gasteiger partial charge on any atom is 0.408 e. The largest absolute Gasteiger partial charge is 0.444 e. The van der Waals surface area contributed by atoms with Crippen LogP contribution in [0.2, 0.25) is 0 Å². The first-order valence-electron chi connectivity index (χ1n) is 6.89. The first-order chi connectivity index (χ1) is 9.26. The van der Waals surface area contributed by atoms with Gasteiger partial charge in [0.25, 0.3) is 0 Å². The first kappa shape index (κ1) is 14.6. The molecule has 0 fully saturated rings. The molecule has 1 aliphatic rings. The van der Waals surface area contributed by atoms with Crippen LogP contribution in [0, 0.1) is 0 Å². The zero-order valence-corrected chi connectivity index (χ0v) is 12.4. The SMILES string of the molecule is CC(=O)c1ccc2c(c1)CC[C@@H]2NC(=O)OC(C)(C)C. The summed E-state index contributed by atoms with van der Waals surface area (Å²) >= 11 is 0. The molecule has 108 valence electrons. The zero-order valence-electron chi connectivity index (χ0n) is 12.4. The summed E-state index contributed by atoms with van der Waals surface area (Å²) in [6.07, 6.45) is 1.32. The van der Waals surface area contributed by atoms with E-state index in [1.54, 1.807) is 6.92 Å². The second-order valence-corrected chi connectivity index (χ2v) is 6.21. The van der Waals surface area contributed by atoms with Gasteiger partial charge < -0.3 is 10.1 Å². The normalized spacial score (nSPS) is 17.5. The lowest BCUT2D eigenvalue weighted by Crippen LogP contribution is -2.34. The summed E-state index contributed by atoms with van der Waals surface area (Å²) in [7, 11) is 0. The second-order valence-electron chi connectivity index (χ2n) is 6.21. The van der Waals surface area contributed by atoms with Crippen LogP contribution in [0.4, 0.5) is 4.79 Å². The Balaban J connectivity index is 2.09. The maximum atomic E-state index is 11.8. The van der Waals surface area contributed by atoms with Crippen molar-refractivity contribution in [1.82, 2.24) is 5.32 Å². The number of rotatable bonds is 2. The fourth-order valence-corrected chi connectivity index (χ4v) is 2.44. The van der Waals surface area contributed by atoms with Gasteiger partial charge in [0, 0.05) is 5.56 Å². The lowest BCUT2D eigenvalue weighted by atomic mass is 10.0. The number of carbonyl (C=O) groups excluding carboxylic acids is 2. The van der Waals surface area contributed by atoms with Gasteiger partial charge in [-0.25, -0.2) is 4.79 Å². The Morgan fingerprint density at radius 1 is 1.30 bits per heavy atom. The molecule has 1 aliphatic carbocycles. The molecule has 0 heterocycles. The quantitative estimate of drug-likeness (QED) is 0.842. The van der Waals surface area contributed by atoms with E-state index < -0.39 is 11.7 Å². The van der Waals surface area contributed by atoms with Crippen LogP contribution < -0.4 is 5.32 Å². The molecule has 20 heavy (non-hydrogen) atoms. The molecule has 2 rings (SSSR count). The molecular weight excluding hydrogens is 254 g/mol. The van der Waals surface area contributed by atoms with E-state index in [1.165, 1.54) is 0 Å². The van der Waals surface area contributed by atoms with Gasteiger partial charge in [0.2, 0.25) is 0 Å². The minimum absolute atomic E-state index is 0.0270. The molecule has 0 aliphatic heterocycles. The lowest BCUT2D eigenvalue weighted by Gasteiger charge is -2.22. The summed E-state index contributed by atoms with van der Waals surface area (Å²) < 4.78 is 5.27. The molecular formula is C16H21NO3. The van der Waals surface area contributed by atoms with Gasteiger partial charge in [0.05, 0.1) is 6.04 Å². The van der Waals surface area contributed by atoms with Crippen molar-refractivity contribution in [1.29, 1.82) is 0 Å². The van der Waals surface area contributed by atoms with Gasteiger partial charge in [-0.1, -0.05) is 12.1 Å². The smallest absolute Gasteiger partial charge is 0.408 e. The second kappa shape index (κ2) is 5.27. The highest BCUT2D eigenvalue weighted by Crippen LogP contribution is 2.32. The fraction of sp³-hybridized carbons (Fsp3) is 0.500. The van der Waals surface area contributed by atoms with E-state index in [0.717, 1.165) is 29.5 Å². The third-order valence-electron chi connectivity index (χ3n) is 3.32. The van der Waals surface area contributed by atoms with Crippen molar-refractivity contribution in [3.8, 4) is 0 Å². The minimum Gasteiger partial charge on any atom is -0.444 e. The van der Waals surface area contributed by atoms with Gasteiger partial charge in [-0.15, -0.1) is 0 Å². The molecule has 0 unspecified atom stereocenters. The third-order valence-corrected chi connectivity index (χ3v) is 3.32.